The molecule has 0 aliphatic carbocycles. The molecule has 0 amide bonds. The summed E-state index contributed by atoms with van der Waals surface area (Å²) in [6, 6.07) is 0. The fourth-order valence-electron chi connectivity index (χ4n) is 2.13. The quantitative estimate of drug-likeness (QED) is 0.632. The predicted octanol–water partition coefficient (Wildman–Crippen LogP) is -0.404. The first-order valence-corrected chi connectivity index (χ1v) is 6.48. The number of rotatable bonds is 5. The van der Waals surface area contributed by atoms with Crippen LogP contribution in [0, 0.1) is 0 Å². The van der Waals surface area contributed by atoms with E-state index in [0.717, 1.165) is 0 Å². The summed E-state index contributed by atoms with van der Waals surface area (Å²) in [5.41, 5.74) is 0. The van der Waals surface area contributed by atoms with Gasteiger partial charge < -0.3 is 28.4 Å². The summed E-state index contributed by atoms with van der Waals surface area (Å²) >= 11 is 0. The van der Waals surface area contributed by atoms with Crippen molar-refractivity contribution in [3.63, 3.8) is 0 Å². The zero-order chi connectivity index (χ0) is 14.5. The van der Waals surface area contributed by atoms with Crippen LogP contribution in [0.1, 0.15) is 13.8 Å². The van der Waals surface area contributed by atoms with Gasteiger partial charge in [0.15, 0.2) is 12.2 Å². The topological polar surface area (TPSA) is 89.5 Å². The second kappa shape index (κ2) is 6.98. The van der Waals surface area contributed by atoms with Crippen LogP contribution in [-0.4, -0.2) is 63.2 Å². The first-order chi connectivity index (χ1) is 9.69. The minimum atomic E-state index is -0.932. The van der Waals surface area contributed by atoms with E-state index in [1.807, 2.05) is 0 Å². The number of ether oxygens (including phenoxy) is 6. The van der Waals surface area contributed by atoms with Gasteiger partial charge in [-0.15, -0.1) is 0 Å². The van der Waals surface area contributed by atoms with Gasteiger partial charge in [0.05, 0.1) is 13.2 Å². The number of hydrogen-bond acceptors (Lipinski definition) is 8. The Morgan fingerprint density at radius 3 is 1.60 bits per heavy atom. The summed E-state index contributed by atoms with van der Waals surface area (Å²) < 4.78 is 30.9. The van der Waals surface area contributed by atoms with E-state index in [0.29, 0.717) is 0 Å². The molecule has 2 heterocycles. The minimum absolute atomic E-state index is 0.0659. The first kappa shape index (κ1) is 15.2. The molecule has 0 radical (unpaired) electrons. The van der Waals surface area contributed by atoms with Gasteiger partial charge in [0.25, 0.3) is 0 Å². The number of hydrogen-bond donors (Lipinski definition) is 0. The van der Waals surface area contributed by atoms with Crippen molar-refractivity contribution in [2.75, 3.05) is 26.8 Å². The molecule has 2 saturated heterocycles. The summed E-state index contributed by atoms with van der Waals surface area (Å²) in [5, 5.41) is 0. The van der Waals surface area contributed by atoms with E-state index >= 15 is 0 Å². The molecule has 2 aliphatic heterocycles. The Morgan fingerprint density at radius 2 is 1.25 bits per heavy atom. The average Bonchev–Trinajstić information content (AvgIpc) is 3.07. The van der Waals surface area contributed by atoms with Crippen LogP contribution in [-0.2, 0) is 38.0 Å². The van der Waals surface area contributed by atoms with Crippen LogP contribution in [0.5, 0.6) is 0 Å². The second-order valence-corrected chi connectivity index (χ2v) is 4.18. The Morgan fingerprint density at radius 1 is 0.850 bits per heavy atom. The monoisotopic (exact) mass is 290 g/mol. The van der Waals surface area contributed by atoms with Gasteiger partial charge in [0, 0.05) is 0 Å². The third-order valence-corrected chi connectivity index (χ3v) is 2.97. The molecule has 8 heteroatoms. The van der Waals surface area contributed by atoms with Crippen molar-refractivity contribution in [1.82, 2.24) is 0 Å². The van der Waals surface area contributed by atoms with Crippen molar-refractivity contribution in [1.29, 1.82) is 0 Å². The lowest BCUT2D eigenvalue weighted by molar-refractivity contribution is -0.160. The van der Waals surface area contributed by atoms with Crippen LogP contribution in [0.3, 0.4) is 0 Å². The highest BCUT2D eigenvalue weighted by atomic mass is 16.8. The number of esters is 2. The Labute approximate surface area is 116 Å². The Kier molecular flexibility index (Phi) is 5.30. The van der Waals surface area contributed by atoms with E-state index in [9.17, 15) is 9.59 Å². The van der Waals surface area contributed by atoms with Crippen LogP contribution in [0.25, 0.3) is 0 Å². The van der Waals surface area contributed by atoms with Gasteiger partial charge in [-0.25, -0.2) is 9.59 Å². The van der Waals surface area contributed by atoms with E-state index in [4.69, 9.17) is 28.4 Å². The van der Waals surface area contributed by atoms with Crippen molar-refractivity contribution in [2.24, 2.45) is 0 Å². The summed E-state index contributed by atoms with van der Waals surface area (Å²) in [4.78, 5) is 23.5. The van der Waals surface area contributed by atoms with Crippen LogP contribution < -0.4 is 0 Å². The lowest BCUT2D eigenvalue weighted by Crippen LogP contribution is -2.48. The van der Waals surface area contributed by atoms with Gasteiger partial charge in [-0.2, -0.15) is 0 Å². The number of carbonyl (C=O) groups is 2. The second-order valence-electron chi connectivity index (χ2n) is 4.18. The molecule has 0 saturated carbocycles. The van der Waals surface area contributed by atoms with E-state index < -0.39 is 36.4 Å². The standard InChI is InChI=1S/C12H18O8/c1-3-15-11(13)9-7(17-5-19-9)8-10(20-6-18-8)12(14)16-4-2/h7-10H,3-6H2,1-2H3/t7-,8-,9+,10+/m1/s1. The summed E-state index contributed by atoms with van der Waals surface area (Å²) in [6.07, 6.45) is -3.38. The average molecular weight is 290 g/mol. The van der Waals surface area contributed by atoms with E-state index in [1.54, 1.807) is 13.8 Å². The van der Waals surface area contributed by atoms with Gasteiger partial charge in [0.2, 0.25) is 0 Å². The Bertz CT molecular complexity index is 323. The van der Waals surface area contributed by atoms with E-state index in [1.165, 1.54) is 0 Å². The molecule has 2 aliphatic rings. The SMILES string of the molecule is CCOC(=O)[C@H]1OCO[C@@H]1[C@H]1OCO[C@@H]1C(=O)OCC. The van der Waals surface area contributed by atoms with Gasteiger partial charge in [0.1, 0.15) is 25.8 Å². The molecule has 0 aromatic carbocycles. The summed E-state index contributed by atoms with van der Waals surface area (Å²) in [7, 11) is 0. The molecule has 0 aromatic heterocycles. The smallest absolute Gasteiger partial charge is 0.338 e. The molecule has 0 spiro atoms. The lowest BCUT2D eigenvalue weighted by Gasteiger charge is -2.23. The zero-order valence-corrected chi connectivity index (χ0v) is 11.4. The van der Waals surface area contributed by atoms with E-state index in [-0.39, 0.29) is 26.8 Å². The molecule has 2 fully saturated rings. The highest BCUT2D eigenvalue weighted by Gasteiger charge is 2.50. The highest BCUT2D eigenvalue weighted by Crippen LogP contribution is 2.27. The largest absolute Gasteiger partial charge is 0.464 e. The molecule has 0 bridgehead atoms. The first-order valence-electron chi connectivity index (χ1n) is 6.48. The molecule has 0 N–H and O–H groups in total. The van der Waals surface area contributed by atoms with Crippen molar-refractivity contribution < 1.29 is 38.0 Å². The molecule has 20 heavy (non-hydrogen) atoms. The van der Waals surface area contributed by atoms with Crippen molar-refractivity contribution in [3.05, 3.63) is 0 Å². The molecule has 114 valence electrons. The Balaban J connectivity index is 2.04. The fourth-order valence-corrected chi connectivity index (χ4v) is 2.13. The molecule has 0 unspecified atom stereocenters. The third-order valence-electron chi connectivity index (χ3n) is 2.97. The lowest BCUT2D eigenvalue weighted by atomic mass is 10.0. The molecule has 8 nitrogen and oxygen atoms in total. The van der Waals surface area contributed by atoms with Crippen LogP contribution in [0.15, 0.2) is 0 Å². The van der Waals surface area contributed by atoms with E-state index in [2.05, 4.69) is 0 Å². The molecule has 2 rings (SSSR count). The fraction of sp³-hybridized carbons (Fsp3) is 0.833. The minimum Gasteiger partial charge on any atom is -0.464 e. The Hall–Kier alpha value is -1.22. The van der Waals surface area contributed by atoms with Gasteiger partial charge in [-0.05, 0) is 13.8 Å². The summed E-state index contributed by atoms with van der Waals surface area (Å²) in [5.74, 6) is -1.10. The van der Waals surface area contributed by atoms with Gasteiger partial charge >= 0.3 is 11.9 Å². The van der Waals surface area contributed by atoms with Crippen LogP contribution >= 0.6 is 0 Å². The van der Waals surface area contributed by atoms with Crippen LogP contribution in [0.4, 0.5) is 0 Å². The maximum absolute atomic E-state index is 11.8. The van der Waals surface area contributed by atoms with Crippen molar-refractivity contribution >= 4 is 11.9 Å². The van der Waals surface area contributed by atoms with Crippen molar-refractivity contribution in [3.8, 4) is 0 Å². The van der Waals surface area contributed by atoms with Crippen LogP contribution in [0.2, 0.25) is 0 Å². The molecule has 4 atom stereocenters. The zero-order valence-electron chi connectivity index (χ0n) is 11.4. The molecular weight excluding hydrogens is 272 g/mol. The highest BCUT2D eigenvalue weighted by molar-refractivity contribution is 5.78. The predicted molar refractivity (Wildman–Crippen MR) is 62.5 cm³/mol. The third kappa shape index (κ3) is 3.09. The van der Waals surface area contributed by atoms with Crippen molar-refractivity contribution in [2.45, 2.75) is 38.3 Å². The maximum atomic E-state index is 11.8. The molecular formula is C12H18O8. The normalized spacial score (nSPS) is 33.1. The summed E-state index contributed by atoms with van der Waals surface area (Å²) in [6.45, 7) is 3.72. The number of carbonyl (C=O) groups excluding carboxylic acids is 2. The van der Waals surface area contributed by atoms with Gasteiger partial charge in [-0.3, -0.25) is 0 Å². The molecule has 0 aromatic rings. The van der Waals surface area contributed by atoms with Gasteiger partial charge in [-0.1, -0.05) is 0 Å². The maximum Gasteiger partial charge on any atom is 0.338 e.